The first-order chi connectivity index (χ1) is 10.5. The van der Waals surface area contributed by atoms with Gasteiger partial charge in [-0.2, -0.15) is 0 Å². The molecule has 0 radical (unpaired) electrons. The molecule has 5 heteroatoms. The van der Waals surface area contributed by atoms with E-state index in [-0.39, 0.29) is 0 Å². The van der Waals surface area contributed by atoms with E-state index in [2.05, 4.69) is 51.7 Å². The predicted molar refractivity (Wildman–Crippen MR) is 88.9 cm³/mol. The lowest BCUT2D eigenvalue weighted by molar-refractivity contribution is 0.207. The Morgan fingerprint density at radius 2 is 2.05 bits per heavy atom. The lowest BCUT2D eigenvalue weighted by atomic mass is 10.1. The molecule has 22 heavy (non-hydrogen) atoms. The molecule has 2 aromatic rings. The molecule has 0 saturated carbocycles. The van der Waals surface area contributed by atoms with E-state index in [1.807, 2.05) is 6.92 Å². The van der Waals surface area contributed by atoms with Gasteiger partial charge in [0.25, 0.3) is 0 Å². The normalized spacial score (nSPS) is 15.3. The van der Waals surface area contributed by atoms with E-state index in [1.54, 1.807) is 0 Å². The van der Waals surface area contributed by atoms with Gasteiger partial charge in [-0.1, -0.05) is 37.6 Å². The fraction of sp³-hybridized carbons (Fsp3) is 0.529. The van der Waals surface area contributed by atoms with Crippen molar-refractivity contribution in [2.45, 2.75) is 46.8 Å². The van der Waals surface area contributed by atoms with Crippen LogP contribution in [0.5, 0.6) is 0 Å². The smallest absolute Gasteiger partial charge is 0.147 e. The van der Waals surface area contributed by atoms with Crippen molar-refractivity contribution in [3.05, 3.63) is 46.0 Å². The lowest BCUT2D eigenvalue weighted by Crippen LogP contribution is -2.34. The van der Waals surface area contributed by atoms with Gasteiger partial charge in [0, 0.05) is 31.1 Å². The van der Waals surface area contributed by atoms with Crippen LogP contribution < -0.4 is 0 Å². The van der Waals surface area contributed by atoms with E-state index in [4.69, 9.17) is 11.6 Å². The van der Waals surface area contributed by atoms with E-state index in [1.165, 1.54) is 5.56 Å². The van der Waals surface area contributed by atoms with Crippen LogP contribution in [0.4, 0.5) is 0 Å². The number of hydrogen-bond acceptors (Lipinski definition) is 3. The largest absolute Gasteiger partial charge is 0.313 e. The maximum Gasteiger partial charge on any atom is 0.147 e. The molecule has 0 saturated heterocycles. The van der Waals surface area contributed by atoms with Gasteiger partial charge in [0.15, 0.2) is 0 Å². The quantitative estimate of drug-likeness (QED) is 0.866. The minimum atomic E-state index is 0.612. The maximum atomic E-state index is 6.22. The van der Waals surface area contributed by atoms with E-state index in [0.717, 1.165) is 54.8 Å². The van der Waals surface area contributed by atoms with Gasteiger partial charge in [0.05, 0.1) is 6.54 Å². The Morgan fingerprint density at radius 1 is 1.23 bits per heavy atom. The van der Waals surface area contributed by atoms with Crippen molar-refractivity contribution in [2.75, 3.05) is 6.54 Å². The van der Waals surface area contributed by atoms with Crippen molar-refractivity contribution >= 4 is 11.6 Å². The summed E-state index contributed by atoms with van der Waals surface area (Å²) in [5, 5.41) is 9.59. The molecule has 1 aromatic heterocycles. The van der Waals surface area contributed by atoms with Gasteiger partial charge >= 0.3 is 0 Å². The highest BCUT2D eigenvalue weighted by Gasteiger charge is 2.21. The third-order valence-electron chi connectivity index (χ3n) is 4.14. The summed E-state index contributed by atoms with van der Waals surface area (Å²) in [7, 11) is 0. The minimum absolute atomic E-state index is 0.612. The molecule has 0 unspecified atom stereocenters. The van der Waals surface area contributed by atoms with Gasteiger partial charge < -0.3 is 4.57 Å². The van der Waals surface area contributed by atoms with Crippen LogP contribution in [0.3, 0.4) is 0 Å². The first kappa shape index (κ1) is 15.5. The summed E-state index contributed by atoms with van der Waals surface area (Å²) in [5.74, 6) is 2.82. The Balaban J connectivity index is 1.69. The molecule has 4 nitrogen and oxygen atoms in total. The number of halogens is 1. The van der Waals surface area contributed by atoms with Crippen molar-refractivity contribution < 1.29 is 0 Å². The second-order valence-corrected chi connectivity index (χ2v) is 6.98. The predicted octanol–water partition coefficient (Wildman–Crippen LogP) is 3.45. The lowest BCUT2D eigenvalue weighted by Gasteiger charge is -2.28. The van der Waals surface area contributed by atoms with Crippen molar-refractivity contribution in [3.8, 4) is 0 Å². The van der Waals surface area contributed by atoms with Crippen molar-refractivity contribution in [1.29, 1.82) is 0 Å². The summed E-state index contributed by atoms with van der Waals surface area (Å²) >= 11 is 6.22. The fourth-order valence-electron chi connectivity index (χ4n) is 2.91. The van der Waals surface area contributed by atoms with E-state index in [0.29, 0.717) is 5.92 Å². The molecular weight excluding hydrogens is 296 g/mol. The van der Waals surface area contributed by atoms with Gasteiger partial charge in [0.2, 0.25) is 0 Å². The molecule has 2 heterocycles. The Labute approximate surface area is 137 Å². The molecule has 1 aliphatic rings. The highest BCUT2D eigenvalue weighted by atomic mass is 35.5. The zero-order chi connectivity index (χ0) is 15.7. The molecule has 1 aromatic carbocycles. The zero-order valence-corrected chi connectivity index (χ0v) is 14.3. The van der Waals surface area contributed by atoms with Gasteiger partial charge in [0.1, 0.15) is 11.6 Å². The van der Waals surface area contributed by atoms with Crippen LogP contribution in [0, 0.1) is 12.8 Å². The van der Waals surface area contributed by atoms with Gasteiger partial charge in [-0.25, -0.2) is 0 Å². The second-order valence-electron chi connectivity index (χ2n) is 6.58. The van der Waals surface area contributed by atoms with Crippen molar-refractivity contribution in [1.82, 2.24) is 19.7 Å². The summed E-state index contributed by atoms with van der Waals surface area (Å²) in [6.07, 6.45) is 1.00. The molecular formula is C17H23ClN4. The molecule has 0 N–H and O–H groups in total. The first-order valence-electron chi connectivity index (χ1n) is 7.91. The summed E-state index contributed by atoms with van der Waals surface area (Å²) < 4.78 is 2.29. The zero-order valence-electron chi connectivity index (χ0n) is 13.5. The van der Waals surface area contributed by atoms with Crippen LogP contribution in [0.25, 0.3) is 0 Å². The Bertz CT molecular complexity index is 663. The molecule has 0 bridgehead atoms. The van der Waals surface area contributed by atoms with Crippen LogP contribution in [-0.4, -0.2) is 26.2 Å². The third-order valence-corrected chi connectivity index (χ3v) is 4.55. The average Bonchev–Trinajstić information content (AvgIpc) is 2.85. The molecule has 0 aliphatic carbocycles. The number of fused-ring (bicyclic) bond motifs is 1. The van der Waals surface area contributed by atoms with E-state index >= 15 is 0 Å². The molecule has 118 valence electrons. The topological polar surface area (TPSA) is 34.0 Å². The van der Waals surface area contributed by atoms with Crippen LogP contribution in [0.15, 0.2) is 18.2 Å². The molecule has 3 rings (SSSR count). The van der Waals surface area contributed by atoms with Crippen LogP contribution in [-0.2, 0) is 26.1 Å². The summed E-state index contributed by atoms with van der Waals surface area (Å²) in [6, 6.07) is 6.32. The summed E-state index contributed by atoms with van der Waals surface area (Å²) in [5.41, 5.74) is 2.38. The monoisotopic (exact) mass is 318 g/mol. The van der Waals surface area contributed by atoms with E-state index < -0.39 is 0 Å². The molecule has 0 amide bonds. The second kappa shape index (κ2) is 6.39. The molecule has 0 fully saturated rings. The highest BCUT2D eigenvalue weighted by Crippen LogP contribution is 2.20. The molecule has 0 atom stereocenters. The Kier molecular flexibility index (Phi) is 4.50. The van der Waals surface area contributed by atoms with Crippen LogP contribution in [0.1, 0.15) is 36.6 Å². The number of benzene rings is 1. The van der Waals surface area contributed by atoms with Crippen molar-refractivity contribution in [3.63, 3.8) is 0 Å². The molecule has 0 spiro atoms. The first-order valence-corrected chi connectivity index (χ1v) is 8.29. The Hall–Kier alpha value is -1.39. The number of nitrogens with zero attached hydrogens (tertiary/aromatic N) is 4. The SMILES string of the molecule is Cc1ccc(CN2CCn3c(CC(C)C)nnc3C2)cc1Cl. The van der Waals surface area contributed by atoms with Gasteiger partial charge in [-0.3, -0.25) is 4.90 Å². The standard InChI is InChI=1S/C17H23ClN4/c1-12(2)8-16-19-20-17-11-21(6-7-22(16)17)10-14-5-4-13(3)15(18)9-14/h4-5,9,12H,6-8,10-11H2,1-3H3. The number of hydrogen-bond donors (Lipinski definition) is 0. The highest BCUT2D eigenvalue weighted by molar-refractivity contribution is 6.31. The van der Waals surface area contributed by atoms with E-state index in [9.17, 15) is 0 Å². The van der Waals surface area contributed by atoms with Crippen LogP contribution in [0.2, 0.25) is 5.02 Å². The average molecular weight is 319 g/mol. The maximum absolute atomic E-state index is 6.22. The number of rotatable bonds is 4. The van der Waals surface area contributed by atoms with Gasteiger partial charge in [-0.05, 0) is 30.0 Å². The van der Waals surface area contributed by atoms with Crippen LogP contribution >= 0.6 is 11.6 Å². The third kappa shape index (κ3) is 3.33. The number of aryl methyl sites for hydroxylation is 1. The summed E-state index contributed by atoms with van der Waals surface area (Å²) in [4.78, 5) is 2.41. The molecule has 1 aliphatic heterocycles. The van der Waals surface area contributed by atoms with Crippen molar-refractivity contribution in [2.24, 2.45) is 5.92 Å². The number of aromatic nitrogens is 3. The van der Waals surface area contributed by atoms with Gasteiger partial charge in [-0.15, -0.1) is 10.2 Å². The minimum Gasteiger partial charge on any atom is -0.313 e. The Morgan fingerprint density at radius 3 is 2.77 bits per heavy atom. The summed E-state index contributed by atoms with van der Waals surface area (Å²) in [6.45, 7) is 10.2. The fourth-order valence-corrected chi connectivity index (χ4v) is 3.12.